The van der Waals surface area contributed by atoms with Crippen molar-refractivity contribution in [1.82, 2.24) is 0 Å². The van der Waals surface area contributed by atoms with Gasteiger partial charge in [0.05, 0.1) is 5.92 Å². The fraction of sp³-hybridized carbons (Fsp3) is 0.118. The topological polar surface area (TPSA) is 26.3 Å². The number of rotatable bonds is 2. The molecule has 1 saturated heterocycles. The largest absolute Gasteiger partial charge is 0.453 e. The Morgan fingerprint density at radius 3 is 1.95 bits per heavy atom. The minimum Gasteiger partial charge on any atom is -0.453 e. The maximum absolute atomic E-state index is 11.8. The fourth-order valence-corrected chi connectivity index (χ4v) is 2.51. The van der Waals surface area contributed by atoms with Gasteiger partial charge in [-0.3, -0.25) is 0 Å². The van der Waals surface area contributed by atoms with E-state index in [1.807, 2.05) is 60.7 Å². The smallest absolute Gasteiger partial charge is 0.334 e. The quantitative estimate of drug-likeness (QED) is 0.601. The molecule has 0 aromatic heterocycles. The third-order valence-electron chi connectivity index (χ3n) is 3.46. The van der Waals surface area contributed by atoms with Crippen LogP contribution in [0.25, 0.3) is 0 Å². The van der Waals surface area contributed by atoms with Crippen molar-refractivity contribution in [1.29, 1.82) is 0 Å². The van der Waals surface area contributed by atoms with Gasteiger partial charge in [-0.25, -0.2) is 4.79 Å². The van der Waals surface area contributed by atoms with Crippen LogP contribution in [0.1, 0.15) is 23.1 Å². The molecule has 1 unspecified atom stereocenters. The second-order valence-electron chi connectivity index (χ2n) is 4.65. The second-order valence-corrected chi connectivity index (χ2v) is 4.65. The number of cyclic esters (lactones) is 1. The highest BCUT2D eigenvalue weighted by molar-refractivity contribution is 5.92. The Bertz CT molecular complexity index is 602. The maximum Gasteiger partial charge on any atom is 0.334 e. The van der Waals surface area contributed by atoms with Gasteiger partial charge in [-0.1, -0.05) is 67.2 Å². The van der Waals surface area contributed by atoms with Gasteiger partial charge in [0, 0.05) is 5.57 Å². The van der Waals surface area contributed by atoms with Gasteiger partial charge in [0.2, 0.25) is 0 Å². The van der Waals surface area contributed by atoms with Gasteiger partial charge in [-0.05, 0) is 11.1 Å². The molecule has 3 rings (SSSR count). The van der Waals surface area contributed by atoms with Crippen LogP contribution < -0.4 is 0 Å². The van der Waals surface area contributed by atoms with Gasteiger partial charge in [0.1, 0.15) is 6.10 Å². The van der Waals surface area contributed by atoms with E-state index in [2.05, 4.69) is 6.58 Å². The summed E-state index contributed by atoms with van der Waals surface area (Å²) in [7, 11) is 0. The monoisotopic (exact) mass is 250 g/mol. The van der Waals surface area contributed by atoms with Crippen molar-refractivity contribution in [2.24, 2.45) is 0 Å². The molecule has 19 heavy (non-hydrogen) atoms. The van der Waals surface area contributed by atoms with Crippen molar-refractivity contribution < 1.29 is 9.53 Å². The first kappa shape index (κ1) is 11.7. The molecule has 1 aliphatic heterocycles. The molecular weight excluding hydrogens is 236 g/mol. The van der Waals surface area contributed by atoms with Gasteiger partial charge >= 0.3 is 5.97 Å². The third kappa shape index (κ3) is 2.06. The van der Waals surface area contributed by atoms with E-state index in [0.29, 0.717) is 5.57 Å². The van der Waals surface area contributed by atoms with Gasteiger partial charge in [-0.2, -0.15) is 0 Å². The molecule has 0 aliphatic carbocycles. The van der Waals surface area contributed by atoms with E-state index in [1.165, 1.54) is 0 Å². The first-order valence-electron chi connectivity index (χ1n) is 6.27. The lowest BCUT2D eigenvalue weighted by molar-refractivity contribution is -0.139. The average molecular weight is 250 g/mol. The molecule has 0 spiro atoms. The van der Waals surface area contributed by atoms with Crippen LogP contribution >= 0.6 is 0 Å². The molecule has 0 saturated carbocycles. The molecule has 94 valence electrons. The number of esters is 1. The molecular formula is C17H14O2. The molecule has 2 heteroatoms. The van der Waals surface area contributed by atoms with E-state index in [0.717, 1.165) is 11.1 Å². The highest BCUT2D eigenvalue weighted by Crippen LogP contribution is 2.44. The lowest BCUT2D eigenvalue weighted by Crippen LogP contribution is -2.06. The zero-order valence-corrected chi connectivity index (χ0v) is 10.5. The summed E-state index contributed by atoms with van der Waals surface area (Å²) >= 11 is 0. The van der Waals surface area contributed by atoms with E-state index in [4.69, 9.17) is 4.74 Å². The predicted molar refractivity (Wildman–Crippen MR) is 73.6 cm³/mol. The Labute approximate surface area is 112 Å². The normalized spacial score (nSPS) is 22.3. The van der Waals surface area contributed by atoms with Crippen molar-refractivity contribution in [3.63, 3.8) is 0 Å². The Kier molecular flexibility index (Phi) is 2.92. The average Bonchev–Trinajstić information content (AvgIpc) is 2.77. The number of ether oxygens (including phenoxy) is 1. The van der Waals surface area contributed by atoms with Gasteiger partial charge < -0.3 is 4.74 Å². The van der Waals surface area contributed by atoms with Crippen LogP contribution in [0.4, 0.5) is 0 Å². The molecule has 2 aromatic carbocycles. The Morgan fingerprint density at radius 1 is 0.842 bits per heavy atom. The minimum absolute atomic E-state index is 0.101. The van der Waals surface area contributed by atoms with Crippen LogP contribution in [0, 0.1) is 0 Å². The van der Waals surface area contributed by atoms with Crippen molar-refractivity contribution in [2.45, 2.75) is 12.0 Å². The predicted octanol–water partition coefficient (Wildman–Crippen LogP) is 3.62. The summed E-state index contributed by atoms with van der Waals surface area (Å²) in [6, 6.07) is 19.7. The summed E-state index contributed by atoms with van der Waals surface area (Å²) in [6.07, 6.45) is -0.274. The Hall–Kier alpha value is -2.35. The molecule has 2 atom stereocenters. The summed E-state index contributed by atoms with van der Waals surface area (Å²) in [6.45, 7) is 3.89. The molecule has 2 nitrogen and oxygen atoms in total. The Morgan fingerprint density at radius 2 is 1.37 bits per heavy atom. The minimum atomic E-state index is -0.303. The number of carbonyl (C=O) groups excluding carboxylic acids is 1. The van der Waals surface area contributed by atoms with Crippen molar-refractivity contribution in [3.05, 3.63) is 83.9 Å². The molecule has 1 fully saturated rings. The first-order valence-corrected chi connectivity index (χ1v) is 6.27. The van der Waals surface area contributed by atoms with Crippen LogP contribution in [0.5, 0.6) is 0 Å². The molecule has 0 amide bonds. The van der Waals surface area contributed by atoms with Gasteiger partial charge in [0.15, 0.2) is 0 Å². The van der Waals surface area contributed by atoms with Gasteiger partial charge in [0.25, 0.3) is 0 Å². The van der Waals surface area contributed by atoms with E-state index in [-0.39, 0.29) is 18.0 Å². The van der Waals surface area contributed by atoms with E-state index < -0.39 is 0 Å². The molecule has 0 bridgehead atoms. The number of carbonyl (C=O) groups is 1. The fourth-order valence-electron chi connectivity index (χ4n) is 2.51. The molecule has 1 heterocycles. The number of hydrogen-bond acceptors (Lipinski definition) is 2. The van der Waals surface area contributed by atoms with Crippen LogP contribution in [-0.4, -0.2) is 5.97 Å². The second kappa shape index (κ2) is 4.73. The first-order chi connectivity index (χ1) is 9.27. The standard InChI is InChI=1S/C17H14O2/c1-12-15(13-8-4-2-5-9-13)16(19-17(12)18)14-10-6-3-7-11-14/h2-11,15-16H,1H2/t15-,16?/m1/s1. The number of hydrogen-bond donors (Lipinski definition) is 0. The molecule has 0 N–H and O–H groups in total. The van der Waals surface area contributed by atoms with E-state index >= 15 is 0 Å². The number of benzene rings is 2. The van der Waals surface area contributed by atoms with Crippen LogP contribution in [0.15, 0.2) is 72.8 Å². The van der Waals surface area contributed by atoms with E-state index in [1.54, 1.807) is 0 Å². The third-order valence-corrected chi connectivity index (χ3v) is 3.46. The molecule has 1 aliphatic rings. The lowest BCUT2D eigenvalue weighted by atomic mass is 9.86. The van der Waals surface area contributed by atoms with Crippen LogP contribution in [0.2, 0.25) is 0 Å². The van der Waals surface area contributed by atoms with Crippen molar-refractivity contribution >= 4 is 5.97 Å². The summed E-state index contributed by atoms with van der Waals surface area (Å²) in [5.74, 6) is -0.404. The maximum atomic E-state index is 11.8. The van der Waals surface area contributed by atoms with Crippen LogP contribution in [0.3, 0.4) is 0 Å². The Balaban J connectivity index is 2.04. The zero-order valence-electron chi connectivity index (χ0n) is 10.5. The lowest BCUT2D eigenvalue weighted by Gasteiger charge is -2.18. The van der Waals surface area contributed by atoms with Crippen LogP contribution in [-0.2, 0) is 9.53 Å². The summed E-state index contributed by atoms with van der Waals surface area (Å²) in [4.78, 5) is 11.8. The summed E-state index contributed by atoms with van der Waals surface area (Å²) < 4.78 is 5.49. The molecule has 0 radical (unpaired) electrons. The highest BCUT2D eigenvalue weighted by atomic mass is 16.6. The van der Waals surface area contributed by atoms with Crippen molar-refractivity contribution in [2.75, 3.05) is 0 Å². The van der Waals surface area contributed by atoms with Crippen molar-refractivity contribution in [3.8, 4) is 0 Å². The summed E-state index contributed by atoms with van der Waals surface area (Å²) in [5.41, 5.74) is 2.59. The highest BCUT2D eigenvalue weighted by Gasteiger charge is 2.40. The molecule has 2 aromatic rings. The van der Waals surface area contributed by atoms with Gasteiger partial charge in [-0.15, -0.1) is 0 Å². The SMILES string of the molecule is C=C1C(=O)OC(c2ccccc2)[C@H]1c1ccccc1. The zero-order chi connectivity index (χ0) is 13.2. The summed E-state index contributed by atoms with van der Waals surface area (Å²) in [5, 5.41) is 0. The van der Waals surface area contributed by atoms with E-state index in [9.17, 15) is 4.79 Å².